The summed E-state index contributed by atoms with van der Waals surface area (Å²) in [6.45, 7) is 4.13. The predicted molar refractivity (Wildman–Crippen MR) is 77.1 cm³/mol. The van der Waals surface area contributed by atoms with Gasteiger partial charge in [-0.3, -0.25) is 0 Å². The number of benzene rings is 2. The summed E-state index contributed by atoms with van der Waals surface area (Å²) in [6, 6.07) is 9.27. The van der Waals surface area contributed by atoms with Crippen molar-refractivity contribution in [2.45, 2.75) is 13.8 Å². The van der Waals surface area contributed by atoms with Gasteiger partial charge in [-0.1, -0.05) is 6.07 Å². The standard InChI is InChI=1S/C15H15N3O/c1-8-6-11-12(7-9(8)2)18-15(17-11)10-4-3-5-13(19)14(10)16/h3-7,19H,16H2,1-2H3,(H,17,18). The van der Waals surface area contributed by atoms with E-state index in [1.807, 2.05) is 12.1 Å². The van der Waals surface area contributed by atoms with Gasteiger partial charge < -0.3 is 15.8 Å². The number of anilines is 1. The summed E-state index contributed by atoms with van der Waals surface area (Å²) < 4.78 is 0. The quantitative estimate of drug-likeness (QED) is 0.460. The molecule has 1 heterocycles. The zero-order chi connectivity index (χ0) is 13.6. The Balaban J connectivity index is 2.23. The number of aromatic hydroxyl groups is 1. The Hall–Kier alpha value is -2.49. The Labute approximate surface area is 110 Å². The molecular weight excluding hydrogens is 238 g/mol. The monoisotopic (exact) mass is 253 g/mol. The smallest absolute Gasteiger partial charge is 0.140 e. The molecule has 96 valence electrons. The van der Waals surface area contributed by atoms with Gasteiger partial charge in [0, 0.05) is 5.56 Å². The van der Waals surface area contributed by atoms with Gasteiger partial charge in [0.05, 0.1) is 16.7 Å². The van der Waals surface area contributed by atoms with Crippen LogP contribution in [0, 0.1) is 13.8 Å². The van der Waals surface area contributed by atoms with E-state index < -0.39 is 0 Å². The average molecular weight is 253 g/mol. The van der Waals surface area contributed by atoms with Crippen LogP contribution in [0.15, 0.2) is 30.3 Å². The van der Waals surface area contributed by atoms with Gasteiger partial charge in [-0.25, -0.2) is 4.98 Å². The molecule has 0 amide bonds. The second-order valence-corrected chi connectivity index (χ2v) is 4.78. The molecule has 2 aromatic carbocycles. The van der Waals surface area contributed by atoms with E-state index in [-0.39, 0.29) is 5.75 Å². The van der Waals surface area contributed by atoms with E-state index in [9.17, 15) is 5.11 Å². The lowest BCUT2D eigenvalue weighted by molar-refractivity contribution is 0.478. The molecule has 1 aromatic heterocycles. The van der Waals surface area contributed by atoms with Gasteiger partial charge in [-0.2, -0.15) is 0 Å². The van der Waals surface area contributed by atoms with Crippen molar-refractivity contribution in [3.63, 3.8) is 0 Å². The lowest BCUT2D eigenvalue weighted by Crippen LogP contribution is -1.91. The van der Waals surface area contributed by atoms with E-state index in [2.05, 4.69) is 29.9 Å². The number of hydrogen-bond acceptors (Lipinski definition) is 3. The highest BCUT2D eigenvalue weighted by Crippen LogP contribution is 2.32. The summed E-state index contributed by atoms with van der Waals surface area (Å²) in [5.41, 5.74) is 11.2. The van der Waals surface area contributed by atoms with Crippen molar-refractivity contribution in [1.29, 1.82) is 0 Å². The van der Waals surface area contributed by atoms with Crippen molar-refractivity contribution in [3.05, 3.63) is 41.5 Å². The highest BCUT2D eigenvalue weighted by atomic mass is 16.3. The number of nitrogens with two attached hydrogens (primary N) is 1. The van der Waals surface area contributed by atoms with Gasteiger partial charge >= 0.3 is 0 Å². The van der Waals surface area contributed by atoms with Gasteiger partial charge in [-0.05, 0) is 49.2 Å². The SMILES string of the molecule is Cc1cc2nc(-c3cccc(O)c3N)[nH]c2cc1C. The number of aromatic nitrogens is 2. The fourth-order valence-corrected chi connectivity index (χ4v) is 2.16. The van der Waals surface area contributed by atoms with E-state index in [1.54, 1.807) is 12.1 Å². The van der Waals surface area contributed by atoms with E-state index in [1.165, 1.54) is 11.1 Å². The molecule has 3 aromatic rings. The van der Waals surface area contributed by atoms with Crippen molar-refractivity contribution in [2.75, 3.05) is 5.73 Å². The third kappa shape index (κ3) is 1.81. The number of H-pyrrole nitrogens is 1. The molecule has 0 saturated carbocycles. The number of nitrogen functional groups attached to an aromatic ring is 1. The summed E-state index contributed by atoms with van der Waals surface area (Å²) in [5.74, 6) is 0.749. The van der Waals surface area contributed by atoms with Gasteiger partial charge in [0.15, 0.2) is 0 Å². The maximum Gasteiger partial charge on any atom is 0.140 e. The molecule has 0 aliphatic carbocycles. The van der Waals surface area contributed by atoms with Crippen LogP contribution in [0.25, 0.3) is 22.4 Å². The number of para-hydroxylation sites is 1. The average Bonchev–Trinajstić information content (AvgIpc) is 2.76. The molecule has 4 nitrogen and oxygen atoms in total. The number of phenols is 1. The molecule has 4 heteroatoms. The lowest BCUT2D eigenvalue weighted by Gasteiger charge is -2.03. The highest BCUT2D eigenvalue weighted by Gasteiger charge is 2.11. The van der Waals surface area contributed by atoms with Crippen molar-refractivity contribution in [2.24, 2.45) is 0 Å². The van der Waals surface area contributed by atoms with Crippen molar-refractivity contribution < 1.29 is 5.11 Å². The largest absolute Gasteiger partial charge is 0.506 e. The van der Waals surface area contributed by atoms with Crippen LogP contribution in [0.4, 0.5) is 5.69 Å². The number of nitrogens with zero attached hydrogens (tertiary/aromatic N) is 1. The number of nitrogens with one attached hydrogen (secondary N) is 1. The van der Waals surface area contributed by atoms with Gasteiger partial charge in [0.1, 0.15) is 11.6 Å². The minimum Gasteiger partial charge on any atom is -0.506 e. The van der Waals surface area contributed by atoms with E-state index in [0.717, 1.165) is 11.0 Å². The molecule has 3 rings (SSSR count). The Morgan fingerprint density at radius 1 is 1.16 bits per heavy atom. The number of imidazole rings is 1. The first-order valence-corrected chi connectivity index (χ1v) is 6.11. The molecule has 0 fully saturated rings. The Bertz CT molecular complexity index is 735. The highest BCUT2D eigenvalue weighted by molar-refractivity contribution is 5.84. The Morgan fingerprint density at radius 2 is 1.89 bits per heavy atom. The lowest BCUT2D eigenvalue weighted by atomic mass is 10.1. The topological polar surface area (TPSA) is 74.9 Å². The van der Waals surface area contributed by atoms with Crippen molar-refractivity contribution >= 4 is 16.7 Å². The molecule has 4 N–H and O–H groups in total. The molecule has 0 bridgehead atoms. The van der Waals surface area contributed by atoms with Crippen LogP contribution in [0.1, 0.15) is 11.1 Å². The normalized spacial score (nSPS) is 11.1. The predicted octanol–water partition coefficient (Wildman–Crippen LogP) is 3.13. The third-order valence-electron chi connectivity index (χ3n) is 3.44. The number of rotatable bonds is 1. The van der Waals surface area contributed by atoms with Crippen LogP contribution in [0.3, 0.4) is 0 Å². The van der Waals surface area contributed by atoms with Gasteiger partial charge in [0.2, 0.25) is 0 Å². The zero-order valence-corrected chi connectivity index (χ0v) is 10.9. The molecular formula is C15H15N3O. The van der Waals surface area contributed by atoms with Crippen molar-refractivity contribution in [3.8, 4) is 17.1 Å². The molecule has 0 aliphatic rings. The van der Waals surface area contributed by atoms with Crippen LogP contribution in [0.5, 0.6) is 5.75 Å². The first kappa shape index (κ1) is 11.6. The van der Waals surface area contributed by atoms with Gasteiger partial charge in [-0.15, -0.1) is 0 Å². The summed E-state index contributed by atoms with van der Waals surface area (Å²) >= 11 is 0. The van der Waals surface area contributed by atoms with Gasteiger partial charge in [0.25, 0.3) is 0 Å². The minimum absolute atomic E-state index is 0.0744. The van der Waals surface area contributed by atoms with Crippen LogP contribution in [-0.4, -0.2) is 15.1 Å². The first-order valence-electron chi connectivity index (χ1n) is 6.11. The number of aryl methyl sites for hydroxylation is 2. The number of phenolic OH excluding ortho intramolecular Hbond substituents is 1. The zero-order valence-electron chi connectivity index (χ0n) is 10.9. The summed E-state index contributed by atoms with van der Waals surface area (Å²) in [7, 11) is 0. The summed E-state index contributed by atoms with van der Waals surface area (Å²) in [6.07, 6.45) is 0. The van der Waals surface area contributed by atoms with Crippen LogP contribution < -0.4 is 5.73 Å². The van der Waals surface area contributed by atoms with E-state index in [0.29, 0.717) is 17.1 Å². The minimum atomic E-state index is 0.0744. The number of hydrogen-bond donors (Lipinski definition) is 3. The van der Waals surface area contributed by atoms with E-state index >= 15 is 0 Å². The molecule has 0 atom stereocenters. The molecule has 0 saturated heterocycles. The first-order chi connectivity index (χ1) is 9.06. The number of aromatic amines is 1. The second kappa shape index (κ2) is 4.02. The molecule has 19 heavy (non-hydrogen) atoms. The summed E-state index contributed by atoms with van der Waals surface area (Å²) in [5, 5.41) is 9.66. The summed E-state index contributed by atoms with van der Waals surface area (Å²) in [4.78, 5) is 7.79. The molecule has 0 aliphatic heterocycles. The fourth-order valence-electron chi connectivity index (χ4n) is 2.16. The fraction of sp³-hybridized carbons (Fsp3) is 0.133. The molecule has 0 unspecified atom stereocenters. The van der Waals surface area contributed by atoms with Crippen molar-refractivity contribution in [1.82, 2.24) is 9.97 Å². The van der Waals surface area contributed by atoms with Crippen LogP contribution in [-0.2, 0) is 0 Å². The van der Waals surface area contributed by atoms with Crippen LogP contribution >= 0.6 is 0 Å². The van der Waals surface area contributed by atoms with Crippen LogP contribution in [0.2, 0.25) is 0 Å². The number of fused-ring (bicyclic) bond motifs is 1. The Kier molecular flexibility index (Phi) is 2.45. The molecule has 0 radical (unpaired) electrons. The van der Waals surface area contributed by atoms with E-state index in [4.69, 9.17) is 5.73 Å². The second-order valence-electron chi connectivity index (χ2n) is 4.78. The maximum atomic E-state index is 9.66. The molecule has 0 spiro atoms. The maximum absolute atomic E-state index is 9.66. The Morgan fingerprint density at radius 3 is 2.68 bits per heavy atom. The third-order valence-corrected chi connectivity index (χ3v) is 3.44.